The van der Waals surface area contributed by atoms with Crippen molar-refractivity contribution in [2.24, 2.45) is 0 Å². The van der Waals surface area contributed by atoms with Crippen molar-refractivity contribution in [1.29, 1.82) is 0 Å². The molecule has 1 saturated heterocycles. The lowest BCUT2D eigenvalue weighted by molar-refractivity contribution is 0.00578. The molecule has 2 aromatic carbocycles. The summed E-state index contributed by atoms with van der Waals surface area (Å²) in [4.78, 5) is 12.3. The van der Waals surface area contributed by atoms with E-state index in [1.54, 1.807) is 18.2 Å². The Morgan fingerprint density at radius 3 is 2.41 bits per heavy atom. The van der Waals surface area contributed by atoms with Crippen LogP contribution in [0.2, 0.25) is 0 Å². The van der Waals surface area contributed by atoms with Crippen molar-refractivity contribution in [2.45, 2.75) is 52.1 Å². The van der Waals surface area contributed by atoms with E-state index in [4.69, 9.17) is 14.0 Å². The Kier molecular flexibility index (Phi) is 7.38. The van der Waals surface area contributed by atoms with Gasteiger partial charge in [0.25, 0.3) is 0 Å². The molecule has 1 aliphatic heterocycles. The Morgan fingerprint density at radius 2 is 1.78 bits per heavy atom. The Morgan fingerprint density at radius 1 is 1.12 bits per heavy atom. The summed E-state index contributed by atoms with van der Waals surface area (Å²) in [7, 11) is -0.711. The Bertz CT molecular complexity index is 962. The number of hydrogen-bond acceptors (Lipinski definition) is 5. The number of aliphatic hydroxyl groups excluding tert-OH is 1. The van der Waals surface area contributed by atoms with Gasteiger partial charge in [0, 0.05) is 12.1 Å². The van der Waals surface area contributed by atoms with E-state index >= 15 is 0 Å². The summed E-state index contributed by atoms with van der Waals surface area (Å²) >= 11 is 0. The number of halogens is 1. The van der Waals surface area contributed by atoms with Gasteiger partial charge in [-0.3, -0.25) is 0 Å². The van der Waals surface area contributed by atoms with Crippen LogP contribution < -0.4 is 5.32 Å². The van der Waals surface area contributed by atoms with Gasteiger partial charge in [-0.25, -0.2) is 9.18 Å². The molecule has 1 fully saturated rings. The lowest BCUT2D eigenvalue weighted by atomic mass is 9.77. The zero-order valence-electron chi connectivity index (χ0n) is 18.9. The first-order valence-corrected chi connectivity index (χ1v) is 10.5. The Hall–Kier alpha value is -2.68. The van der Waals surface area contributed by atoms with Crippen molar-refractivity contribution in [3.8, 4) is 0 Å². The molecule has 32 heavy (non-hydrogen) atoms. The number of nitrogens with one attached hydrogen (secondary N) is 1. The lowest BCUT2D eigenvalue weighted by Crippen LogP contribution is -2.41. The molecule has 2 N–H and O–H groups in total. The van der Waals surface area contributed by atoms with Crippen LogP contribution >= 0.6 is 0 Å². The number of amides is 1. The maximum Gasteiger partial charge on any atom is 0.492 e. The molecular formula is C24H29BFNO5. The highest BCUT2D eigenvalue weighted by Crippen LogP contribution is 2.38. The number of hydrogen-bond donors (Lipinski definition) is 2. The standard InChI is InChI=1S/C24H29BFNO5/c1-23(2)24(3,4)32-25(31-23)20(13-18-10-11-21(26)19(12-18)15-28)14-27-22(29)30-16-17-8-6-5-7-9-17/h5-13,28H,14-16H2,1-4H3,(H,27,29). The third-order valence-corrected chi connectivity index (χ3v) is 5.80. The second-order valence-corrected chi connectivity index (χ2v) is 8.73. The van der Waals surface area contributed by atoms with Crippen LogP contribution in [0.25, 0.3) is 6.08 Å². The van der Waals surface area contributed by atoms with Crippen LogP contribution in [-0.4, -0.2) is 36.1 Å². The van der Waals surface area contributed by atoms with Gasteiger partial charge in [-0.1, -0.05) is 42.5 Å². The van der Waals surface area contributed by atoms with Crippen LogP contribution in [0.4, 0.5) is 9.18 Å². The summed E-state index contributed by atoms with van der Waals surface area (Å²) in [5, 5.41) is 12.1. The maximum atomic E-state index is 13.8. The first kappa shape index (κ1) is 24.0. The number of ether oxygens (including phenoxy) is 1. The fraction of sp³-hybridized carbons (Fsp3) is 0.375. The van der Waals surface area contributed by atoms with Crippen molar-refractivity contribution < 1.29 is 28.3 Å². The number of carbonyl (C=O) groups is 1. The van der Waals surface area contributed by atoms with E-state index in [0.717, 1.165) is 5.56 Å². The van der Waals surface area contributed by atoms with Crippen LogP contribution in [-0.2, 0) is 27.3 Å². The quantitative estimate of drug-likeness (QED) is 0.628. The summed E-state index contributed by atoms with van der Waals surface area (Å²) in [6.45, 7) is 7.60. The Balaban J connectivity index is 1.76. The van der Waals surface area contributed by atoms with Crippen LogP contribution in [0, 0.1) is 5.82 Å². The molecule has 0 spiro atoms. The van der Waals surface area contributed by atoms with E-state index in [1.807, 2.05) is 58.0 Å². The van der Waals surface area contributed by atoms with Gasteiger partial charge in [-0.2, -0.15) is 0 Å². The average Bonchev–Trinajstić information content (AvgIpc) is 2.98. The van der Waals surface area contributed by atoms with E-state index in [-0.39, 0.29) is 18.7 Å². The molecule has 1 aliphatic rings. The molecular weight excluding hydrogens is 412 g/mol. The second kappa shape index (κ2) is 9.86. The van der Waals surface area contributed by atoms with Crippen LogP contribution in [0.5, 0.6) is 0 Å². The van der Waals surface area contributed by atoms with Gasteiger partial charge in [0.2, 0.25) is 0 Å². The molecule has 6 nitrogen and oxygen atoms in total. The first-order valence-electron chi connectivity index (χ1n) is 10.5. The van der Waals surface area contributed by atoms with Crippen molar-refractivity contribution in [3.63, 3.8) is 0 Å². The zero-order valence-corrected chi connectivity index (χ0v) is 18.9. The molecule has 170 valence electrons. The predicted octanol–water partition coefficient (Wildman–Crippen LogP) is 4.26. The molecule has 0 unspecified atom stereocenters. The van der Waals surface area contributed by atoms with Gasteiger partial charge in [0.05, 0.1) is 17.8 Å². The van der Waals surface area contributed by atoms with Gasteiger partial charge < -0.3 is 24.5 Å². The molecule has 0 aliphatic carbocycles. The van der Waals surface area contributed by atoms with Crippen molar-refractivity contribution >= 4 is 19.3 Å². The summed E-state index contributed by atoms with van der Waals surface area (Å²) < 4.78 is 31.3. The van der Waals surface area contributed by atoms with E-state index in [0.29, 0.717) is 11.0 Å². The fourth-order valence-electron chi connectivity index (χ4n) is 3.16. The van der Waals surface area contributed by atoms with Crippen molar-refractivity contribution in [3.05, 3.63) is 76.5 Å². The first-order chi connectivity index (χ1) is 15.1. The SMILES string of the molecule is CC1(C)OB(C(=Cc2ccc(F)c(CO)c2)CNC(=O)OCc2ccccc2)OC1(C)C. The minimum Gasteiger partial charge on any atom is -0.445 e. The molecule has 1 amide bonds. The lowest BCUT2D eigenvalue weighted by Gasteiger charge is -2.32. The van der Waals surface area contributed by atoms with E-state index in [2.05, 4.69) is 5.32 Å². The molecule has 1 heterocycles. The topological polar surface area (TPSA) is 77.0 Å². The third kappa shape index (κ3) is 5.76. The molecule has 3 rings (SSSR count). The minimum atomic E-state index is -0.711. The predicted molar refractivity (Wildman–Crippen MR) is 121 cm³/mol. The van der Waals surface area contributed by atoms with Gasteiger partial charge in [-0.15, -0.1) is 0 Å². The average molecular weight is 441 g/mol. The zero-order chi connectivity index (χ0) is 23.4. The minimum absolute atomic E-state index is 0.107. The second-order valence-electron chi connectivity index (χ2n) is 8.73. The van der Waals surface area contributed by atoms with E-state index in [9.17, 15) is 14.3 Å². The van der Waals surface area contributed by atoms with E-state index in [1.165, 1.54) is 6.07 Å². The number of aliphatic hydroxyl groups is 1. The fourth-order valence-corrected chi connectivity index (χ4v) is 3.16. The summed E-state index contributed by atoms with van der Waals surface area (Å²) in [6.07, 6.45) is 1.18. The highest BCUT2D eigenvalue weighted by atomic mass is 19.1. The molecule has 0 radical (unpaired) electrons. The third-order valence-electron chi connectivity index (χ3n) is 5.80. The molecule has 0 atom stereocenters. The maximum absolute atomic E-state index is 13.8. The highest BCUT2D eigenvalue weighted by Gasteiger charge is 2.52. The summed E-state index contributed by atoms with van der Waals surface area (Å²) in [5.41, 5.74) is 1.22. The summed E-state index contributed by atoms with van der Waals surface area (Å²) in [6, 6.07) is 13.8. The molecule has 0 aromatic heterocycles. The van der Waals surface area contributed by atoms with Gasteiger partial charge >= 0.3 is 13.2 Å². The molecule has 8 heteroatoms. The van der Waals surface area contributed by atoms with Gasteiger partial charge in [0.15, 0.2) is 0 Å². The molecule has 0 saturated carbocycles. The van der Waals surface area contributed by atoms with Crippen molar-refractivity contribution in [1.82, 2.24) is 5.32 Å². The van der Waals surface area contributed by atoms with Crippen LogP contribution in [0.3, 0.4) is 0 Å². The largest absolute Gasteiger partial charge is 0.492 e. The number of rotatable bonds is 7. The normalized spacial score (nSPS) is 17.3. The van der Waals surface area contributed by atoms with E-state index < -0.39 is 36.8 Å². The monoisotopic (exact) mass is 441 g/mol. The van der Waals surface area contributed by atoms with Gasteiger partial charge in [0.1, 0.15) is 12.4 Å². The molecule has 0 bridgehead atoms. The Labute approximate surface area is 188 Å². The van der Waals surface area contributed by atoms with Crippen LogP contribution in [0.15, 0.2) is 54.0 Å². The smallest absolute Gasteiger partial charge is 0.445 e. The number of carbonyl (C=O) groups excluding carboxylic acids is 1. The number of alkyl carbamates (subject to hydrolysis) is 1. The van der Waals surface area contributed by atoms with Crippen molar-refractivity contribution in [2.75, 3.05) is 6.54 Å². The van der Waals surface area contributed by atoms with Crippen LogP contribution in [0.1, 0.15) is 44.4 Å². The highest BCUT2D eigenvalue weighted by molar-refractivity contribution is 6.56. The molecule has 2 aromatic rings. The number of benzene rings is 2. The summed E-state index contributed by atoms with van der Waals surface area (Å²) in [5.74, 6) is -0.482. The van der Waals surface area contributed by atoms with Gasteiger partial charge in [-0.05, 0) is 56.4 Å².